The highest BCUT2D eigenvalue weighted by molar-refractivity contribution is 7.13. The number of pyridine rings is 1. The third kappa shape index (κ3) is 3.85. The number of benzene rings is 1. The van der Waals surface area contributed by atoms with Crippen LogP contribution < -0.4 is 15.5 Å². The first-order chi connectivity index (χ1) is 13.6. The molecule has 0 radical (unpaired) electrons. The molecule has 144 valence electrons. The fourth-order valence-corrected chi connectivity index (χ4v) is 3.79. The summed E-state index contributed by atoms with van der Waals surface area (Å²) < 4.78 is 26.6. The number of halogens is 2. The Balaban J connectivity index is 1.53. The van der Waals surface area contributed by atoms with Crippen LogP contribution in [0.15, 0.2) is 42.0 Å². The van der Waals surface area contributed by atoms with E-state index in [2.05, 4.69) is 25.5 Å². The number of thiazole rings is 1. The number of rotatable bonds is 4. The fraction of sp³-hybridized carbons (Fsp3) is 0.211. The number of carbonyl (C=O) groups is 1. The molecule has 0 bridgehead atoms. The normalized spacial score (nSPS) is 14.1. The maximum absolute atomic E-state index is 13.4. The van der Waals surface area contributed by atoms with Crippen LogP contribution in [0.3, 0.4) is 0 Å². The highest BCUT2D eigenvalue weighted by atomic mass is 32.1. The van der Waals surface area contributed by atoms with Gasteiger partial charge in [0, 0.05) is 43.3 Å². The molecule has 0 spiro atoms. The van der Waals surface area contributed by atoms with Gasteiger partial charge in [0.05, 0.1) is 17.6 Å². The molecule has 9 heteroatoms. The minimum absolute atomic E-state index is 0.208. The van der Waals surface area contributed by atoms with Crippen molar-refractivity contribution in [2.75, 3.05) is 36.4 Å². The van der Waals surface area contributed by atoms with E-state index in [0.29, 0.717) is 16.3 Å². The fourth-order valence-electron chi connectivity index (χ4n) is 2.99. The van der Waals surface area contributed by atoms with Gasteiger partial charge in [0.1, 0.15) is 10.7 Å². The van der Waals surface area contributed by atoms with E-state index >= 15 is 0 Å². The van der Waals surface area contributed by atoms with E-state index in [0.717, 1.165) is 44.0 Å². The van der Waals surface area contributed by atoms with Crippen LogP contribution in [0.25, 0.3) is 10.6 Å². The van der Waals surface area contributed by atoms with Crippen molar-refractivity contribution < 1.29 is 13.6 Å². The number of piperazine rings is 1. The molecule has 1 aromatic carbocycles. The first-order valence-electron chi connectivity index (χ1n) is 8.74. The summed E-state index contributed by atoms with van der Waals surface area (Å²) in [5.74, 6) is -2.25. The van der Waals surface area contributed by atoms with Crippen LogP contribution in [0.5, 0.6) is 0 Å². The lowest BCUT2D eigenvalue weighted by atomic mass is 10.2. The highest BCUT2D eigenvalue weighted by Gasteiger charge is 2.18. The van der Waals surface area contributed by atoms with E-state index in [9.17, 15) is 13.6 Å². The van der Waals surface area contributed by atoms with Crippen LogP contribution >= 0.6 is 11.3 Å². The SMILES string of the molecule is O=C(Nc1cnccc1N1CCNCC1)c1csc(-c2ccc(F)c(F)c2)n1. The van der Waals surface area contributed by atoms with Crippen LogP contribution in [-0.4, -0.2) is 42.1 Å². The average Bonchev–Trinajstić information content (AvgIpc) is 3.22. The molecule has 4 rings (SSSR count). The Morgan fingerprint density at radius 1 is 1.18 bits per heavy atom. The predicted molar refractivity (Wildman–Crippen MR) is 105 cm³/mol. The zero-order valence-corrected chi connectivity index (χ0v) is 15.6. The van der Waals surface area contributed by atoms with Crippen molar-refractivity contribution >= 4 is 28.6 Å². The lowest BCUT2D eigenvalue weighted by Gasteiger charge is -2.30. The van der Waals surface area contributed by atoms with Crippen LogP contribution in [0.1, 0.15) is 10.5 Å². The van der Waals surface area contributed by atoms with Gasteiger partial charge in [-0.05, 0) is 24.3 Å². The lowest BCUT2D eigenvalue weighted by Crippen LogP contribution is -2.43. The predicted octanol–water partition coefficient (Wildman–Crippen LogP) is 3.15. The molecule has 0 atom stereocenters. The second-order valence-corrected chi connectivity index (χ2v) is 7.11. The minimum Gasteiger partial charge on any atom is -0.367 e. The second-order valence-electron chi connectivity index (χ2n) is 6.25. The maximum Gasteiger partial charge on any atom is 0.275 e. The number of anilines is 2. The summed E-state index contributed by atoms with van der Waals surface area (Å²) >= 11 is 1.19. The van der Waals surface area contributed by atoms with Crippen molar-refractivity contribution in [3.05, 3.63) is 59.4 Å². The number of hydrogen-bond acceptors (Lipinski definition) is 6. The summed E-state index contributed by atoms with van der Waals surface area (Å²) in [7, 11) is 0. The van der Waals surface area contributed by atoms with Crippen molar-refractivity contribution in [3.63, 3.8) is 0 Å². The van der Waals surface area contributed by atoms with Gasteiger partial charge in [0.2, 0.25) is 0 Å². The minimum atomic E-state index is -0.949. The molecule has 1 aliphatic rings. The molecule has 1 saturated heterocycles. The Hall–Kier alpha value is -2.91. The Morgan fingerprint density at radius 2 is 2.00 bits per heavy atom. The van der Waals surface area contributed by atoms with Gasteiger partial charge in [0.25, 0.3) is 5.91 Å². The summed E-state index contributed by atoms with van der Waals surface area (Å²) in [5.41, 5.74) is 2.14. The standard InChI is InChI=1S/C19H17F2N5OS/c20-13-2-1-12(9-14(13)21)19-25-16(11-28-19)18(27)24-15-10-23-4-3-17(15)26-7-5-22-6-8-26/h1-4,9-11,22H,5-8H2,(H,24,27). The monoisotopic (exact) mass is 401 g/mol. The largest absolute Gasteiger partial charge is 0.367 e. The smallest absolute Gasteiger partial charge is 0.275 e. The van der Waals surface area contributed by atoms with Gasteiger partial charge in [-0.1, -0.05) is 0 Å². The molecule has 1 amide bonds. The molecule has 28 heavy (non-hydrogen) atoms. The second kappa shape index (κ2) is 7.99. The third-order valence-corrected chi connectivity index (χ3v) is 5.30. The molecule has 2 N–H and O–H groups in total. The summed E-state index contributed by atoms with van der Waals surface area (Å²) in [6.07, 6.45) is 3.30. The number of hydrogen-bond donors (Lipinski definition) is 2. The highest BCUT2D eigenvalue weighted by Crippen LogP contribution is 2.28. The van der Waals surface area contributed by atoms with Gasteiger partial charge >= 0.3 is 0 Å². The Morgan fingerprint density at radius 3 is 2.79 bits per heavy atom. The van der Waals surface area contributed by atoms with Crippen LogP contribution in [0.2, 0.25) is 0 Å². The van der Waals surface area contributed by atoms with Crippen molar-refractivity contribution in [3.8, 4) is 10.6 Å². The van der Waals surface area contributed by atoms with Crippen molar-refractivity contribution in [1.29, 1.82) is 0 Å². The Bertz CT molecular complexity index is 1000. The molecule has 3 heterocycles. The van der Waals surface area contributed by atoms with Gasteiger partial charge in [-0.25, -0.2) is 13.8 Å². The first kappa shape index (κ1) is 18.5. The molecule has 2 aromatic heterocycles. The molecular formula is C19H17F2N5OS. The number of amides is 1. The summed E-state index contributed by atoms with van der Waals surface area (Å²) in [6, 6.07) is 5.41. The van der Waals surface area contributed by atoms with E-state index in [-0.39, 0.29) is 11.6 Å². The Kier molecular flexibility index (Phi) is 5.27. The number of nitrogens with one attached hydrogen (secondary N) is 2. The van der Waals surface area contributed by atoms with E-state index in [1.807, 2.05) is 6.07 Å². The van der Waals surface area contributed by atoms with Gasteiger partial charge in [-0.15, -0.1) is 11.3 Å². The van der Waals surface area contributed by atoms with E-state index in [1.54, 1.807) is 17.8 Å². The molecule has 6 nitrogen and oxygen atoms in total. The zero-order chi connectivity index (χ0) is 19.5. The first-order valence-corrected chi connectivity index (χ1v) is 9.62. The van der Waals surface area contributed by atoms with Gasteiger partial charge in [0.15, 0.2) is 11.6 Å². The maximum atomic E-state index is 13.4. The molecular weight excluding hydrogens is 384 g/mol. The van der Waals surface area contributed by atoms with Crippen molar-refractivity contribution in [2.45, 2.75) is 0 Å². The zero-order valence-electron chi connectivity index (χ0n) is 14.8. The van der Waals surface area contributed by atoms with E-state index in [4.69, 9.17) is 0 Å². The molecule has 3 aromatic rings. The van der Waals surface area contributed by atoms with E-state index in [1.165, 1.54) is 17.4 Å². The molecule has 1 fully saturated rings. The number of aromatic nitrogens is 2. The van der Waals surface area contributed by atoms with Gasteiger partial charge in [-0.2, -0.15) is 0 Å². The summed E-state index contributed by atoms with van der Waals surface area (Å²) in [5, 5.41) is 8.18. The van der Waals surface area contributed by atoms with Crippen LogP contribution in [0.4, 0.5) is 20.2 Å². The number of carbonyl (C=O) groups excluding carboxylic acids is 1. The Labute approximate surface area is 164 Å². The molecule has 0 saturated carbocycles. The average molecular weight is 401 g/mol. The lowest BCUT2D eigenvalue weighted by molar-refractivity contribution is 0.102. The van der Waals surface area contributed by atoms with Crippen molar-refractivity contribution in [1.82, 2.24) is 15.3 Å². The quantitative estimate of drug-likeness (QED) is 0.703. The number of nitrogens with zero attached hydrogens (tertiary/aromatic N) is 3. The molecule has 0 aliphatic carbocycles. The van der Waals surface area contributed by atoms with Gasteiger partial charge in [-0.3, -0.25) is 9.78 Å². The topological polar surface area (TPSA) is 70.2 Å². The molecule has 0 unspecified atom stereocenters. The summed E-state index contributed by atoms with van der Waals surface area (Å²) in [4.78, 5) is 23.2. The van der Waals surface area contributed by atoms with Crippen LogP contribution in [0, 0.1) is 11.6 Å². The van der Waals surface area contributed by atoms with Crippen LogP contribution in [-0.2, 0) is 0 Å². The molecule has 1 aliphatic heterocycles. The van der Waals surface area contributed by atoms with Gasteiger partial charge < -0.3 is 15.5 Å². The third-order valence-electron chi connectivity index (χ3n) is 4.41. The summed E-state index contributed by atoms with van der Waals surface area (Å²) in [6.45, 7) is 3.42. The van der Waals surface area contributed by atoms with Crippen molar-refractivity contribution in [2.24, 2.45) is 0 Å². The van der Waals surface area contributed by atoms with E-state index < -0.39 is 11.6 Å².